The van der Waals surface area contributed by atoms with E-state index >= 15 is 0 Å². The molecule has 1 unspecified atom stereocenters. The molecule has 1 aliphatic heterocycles. The summed E-state index contributed by atoms with van der Waals surface area (Å²) >= 11 is 16.0. The molecular formula is C22H18BrCl2NO2. The van der Waals surface area contributed by atoms with Crippen LogP contribution in [0.1, 0.15) is 42.7 Å². The van der Waals surface area contributed by atoms with Crippen LogP contribution in [0, 0.1) is 0 Å². The molecule has 0 saturated heterocycles. The van der Waals surface area contributed by atoms with E-state index in [4.69, 9.17) is 27.9 Å². The molecular weight excluding hydrogens is 461 g/mol. The van der Waals surface area contributed by atoms with Crippen molar-refractivity contribution in [2.24, 2.45) is 0 Å². The first-order chi connectivity index (χ1) is 13.4. The minimum Gasteiger partial charge on any atom is -0.447 e. The van der Waals surface area contributed by atoms with E-state index in [0.717, 1.165) is 26.6 Å². The van der Waals surface area contributed by atoms with E-state index in [1.54, 1.807) is 0 Å². The van der Waals surface area contributed by atoms with Crippen LogP contribution in [0.3, 0.4) is 0 Å². The summed E-state index contributed by atoms with van der Waals surface area (Å²) in [6.45, 7) is 4.97. The van der Waals surface area contributed by atoms with Crippen molar-refractivity contribution < 1.29 is 9.53 Å². The highest BCUT2D eigenvalue weighted by Crippen LogP contribution is 2.46. The molecule has 0 aliphatic carbocycles. The van der Waals surface area contributed by atoms with Gasteiger partial charge in [-0.3, -0.25) is 0 Å². The minimum atomic E-state index is -0.671. The van der Waals surface area contributed by atoms with Gasteiger partial charge in [-0.15, -0.1) is 0 Å². The maximum Gasteiger partial charge on any atom is 0.352 e. The number of esters is 1. The lowest BCUT2D eigenvalue weighted by molar-refractivity contribution is -0.139. The van der Waals surface area contributed by atoms with Crippen molar-refractivity contribution in [3.05, 3.63) is 79.9 Å². The number of carbonyl (C=O) groups is 1. The van der Waals surface area contributed by atoms with Crippen molar-refractivity contribution in [2.45, 2.75) is 32.4 Å². The van der Waals surface area contributed by atoms with Gasteiger partial charge in [-0.2, -0.15) is 0 Å². The lowest BCUT2D eigenvalue weighted by Crippen LogP contribution is -2.10. The van der Waals surface area contributed by atoms with Gasteiger partial charge in [0.25, 0.3) is 0 Å². The monoisotopic (exact) mass is 477 g/mol. The third kappa shape index (κ3) is 3.28. The molecule has 0 fully saturated rings. The van der Waals surface area contributed by atoms with Gasteiger partial charge < -0.3 is 9.30 Å². The molecule has 0 amide bonds. The van der Waals surface area contributed by atoms with E-state index < -0.39 is 12.1 Å². The molecule has 0 spiro atoms. The summed E-state index contributed by atoms with van der Waals surface area (Å²) in [6, 6.07) is 16.4. The molecule has 2 heterocycles. The largest absolute Gasteiger partial charge is 0.447 e. The molecule has 3 aromatic rings. The first kappa shape index (κ1) is 19.6. The van der Waals surface area contributed by atoms with Crippen molar-refractivity contribution in [2.75, 3.05) is 0 Å². The Balaban J connectivity index is 1.94. The quantitative estimate of drug-likeness (QED) is 0.383. The maximum atomic E-state index is 12.0. The first-order valence-electron chi connectivity index (χ1n) is 9.00. The smallest absolute Gasteiger partial charge is 0.352 e. The zero-order valence-electron chi connectivity index (χ0n) is 15.4. The number of rotatable bonds is 4. The van der Waals surface area contributed by atoms with E-state index in [9.17, 15) is 4.79 Å². The number of carbonyl (C=O) groups excluding carboxylic acids is 1. The molecule has 144 valence electrons. The van der Waals surface area contributed by atoms with Gasteiger partial charge in [0.1, 0.15) is 5.03 Å². The maximum absolute atomic E-state index is 12.0. The minimum absolute atomic E-state index is 0.0360. The molecule has 6 heteroatoms. The molecule has 0 saturated carbocycles. The fraction of sp³-hybridized carbons (Fsp3) is 0.227. The van der Waals surface area contributed by atoms with Crippen molar-refractivity contribution >= 4 is 56.0 Å². The van der Waals surface area contributed by atoms with Gasteiger partial charge in [0.05, 0.1) is 5.03 Å². The SMILES string of the molecule is CC(C)c1c(C2OC(=O)C(Cl)=C2Cl)c2ccccc2n1Cc1ccc(Br)cc1. The molecule has 4 rings (SSSR count). The van der Waals surface area contributed by atoms with Crippen LogP contribution >= 0.6 is 39.1 Å². The van der Waals surface area contributed by atoms with Gasteiger partial charge >= 0.3 is 5.97 Å². The number of para-hydroxylation sites is 1. The summed E-state index contributed by atoms with van der Waals surface area (Å²) in [7, 11) is 0. The third-order valence-electron chi connectivity index (χ3n) is 4.96. The van der Waals surface area contributed by atoms with E-state index in [2.05, 4.69) is 52.5 Å². The predicted molar refractivity (Wildman–Crippen MR) is 117 cm³/mol. The van der Waals surface area contributed by atoms with Crippen LogP contribution < -0.4 is 0 Å². The van der Waals surface area contributed by atoms with Crippen LogP contribution in [0.2, 0.25) is 0 Å². The zero-order chi connectivity index (χ0) is 20.0. The van der Waals surface area contributed by atoms with Crippen molar-refractivity contribution in [1.82, 2.24) is 4.57 Å². The molecule has 0 bridgehead atoms. The Bertz CT molecular complexity index is 1100. The Labute approximate surface area is 182 Å². The number of ether oxygens (including phenoxy) is 1. The number of benzene rings is 2. The first-order valence-corrected chi connectivity index (χ1v) is 10.5. The van der Waals surface area contributed by atoms with Crippen LogP contribution in [0.4, 0.5) is 0 Å². The zero-order valence-corrected chi connectivity index (χ0v) is 18.5. The molecule has 1 aliphatic rings. The van der Waals surface area contributed by atoms with Gasteiger partial charge in [0.15, 0.2) is 6.10 Å². The molecule has 0 N–H and O–H groups in total. The van der Waals surface area contributed by atoms with Gasteiger partial charge in [-0.25, -0.2) is 4.79 Å². The van der Waals surface area contributed by atoms with Crippen LogP contribution in [-0.4, -0.2) is 10.5 Å². The number of nitrogens with zero attached hydrogens (tertiary/aromatic N) is 1. The van der Waals surface area contributed by atoms with Gasteiger partial charge in [0.2, 0.25) is 0 Å². The van der Waals surface area contributed by atoms with Crippen molar-refractivity contribution in [3.63, 3.8) is 0 Å². The third-order valence-corrected chi connectivity index (χ3v) is 6.33. The Morgan fingerprint density at radius 3 is 2.39 bits per heavy atom. The summed E-state index contributed by atoms with van der Waals surface area (Å²) in [5.74, 6) is -0.378. The van der Waals surface area contributed by atoms with Crippen LogP contribution in [0.5, 0.6) is 0 Å². The van der Waals surface area contributed by atoms with Gasteiger partial charge in [-0.1, -0.05) is 83.3 Å². The molecule has 1 atom stereocenters. The lowest BCUT2D eigenvalue weighted by atomic mass is 9.98. The van der Waals surface area contributed by atoms with E-state index in [1.165, 1.54) is 5.56 Å². The highest BCUT2D eigenvalue weighted by atomic mass is 79.9. The van der Waals surface area contributed by atoms with Crippen molar-refractivity contribution in [3.8, 4) is 0 Å². The number of hydrogen-bond donors (Lipinski definition) is 0. The Hall–Kier alpha value is -1.75. The lowest BCUT2D eigenvalue weighted by Gasteiger charge is -2.18. The second-order valence-electron chi connectivity index (χ2n) is 7.13. The van der Waals surface area contributed by atoms with Gasteiger partial charge in [-0.05, 0) is 29.7 Å². The number of halogens is 3. The molecule has 2 aromatic carbocycles. The van der Waals surface area contributed by atoms with Crippen LogP contribution in [0.25, 0.3) is 10.9 Å². The predicted octanol–water partition coefficient (Wildman–Crippen LogP) is 6.86. The summed E-state index contributed by atoms with van der Waals surface area (Å²) in [4.78, 5) is 12.0. The number of hydrogen-bond acceptors (Lipinski definition) is 2. The van der Waals surface area contributed by atoms with Crippen LogP contribution in [-0.2, 0) is 16.1 Å². The van der Waals surface area contributed by atoms with E-state index in [1.807, 2.05) is 30.3 Å². The average molecular weight is 479 g/mol. The standard InChI is InChI=1S/C22H18BrCl2NO2/c1-12(2)20-17(21-18(24)19(25)22(27)28-21)15-5-3-4-6-16(15)26(20)11-13-7-9-14(23)10-8-13/h3-10,12,21H,11H2,1-2H3. The topological polar surface area (TPSA) is 31.2 Å². The average Bonchev–Trinajstić information content (AvgIpc) is 3.13. The Kier molecular flexibility index (Phi) is 5.30. The second kappa shape index (κ2) is 7.58. The molecule has 0 radical (unpaired) electrons. The fourth-order valence-corrected chi connectivity index (χ4v) is 4.44. The summed E-state index contributed by atoms with van der Waals surface area (Å²) in [6.07, 6.45) is -0.671. The normalized spacial score (nSPS) is 17.1. The Morgan fingerprint density at radius 2 is 1.79 bits per heavy atom. The van der Waals surface area contributed by atoms with E-state index in [-0.39, 0.29) is 16.0 Å². The summed E-state index contributed by atoms with van der Waals surface area (Å²) < 4.78 is 8.88. The van der Waals surface area contributed by atoms with Gasteiger partial charge in [0, 0.05) is 33.2 Å². The highest BCUT2D eigenvalue weighted by molar-refractivity contribution is 9.10. The summed E-state index contributed by atoms with van der Waals surface area (Å²) in [5, 5.41) is 1.23. The number of fused-ring (bicyclic) bond motifs is 1. The Morgan fingerprint density at radius 1 is 1.11 bits per heavy atom. The second-order valence-corrected chi connectivity index (χ2v) is 8.83. The van der Waals surface area contributed by atoms with Crippen LogP contribution in [0.15, 0.2) is 63.1 Å². The highest BCUT2D eigenvalue weighted by Gasteiger charge is 2.37. The summed E-state index contributed by atoms with van der Waals surface area (Å²) in [5.41, 5.74) is 4.26. The van der Waals surface area contributed by atoms with Crippen molar-refractivity contribution in [1.29, 1.82) is 0 Å². The number of aromatic nitrogens is 1. The van der Waals surface area contributed by atoms with E-state index in [0.29, 0.717) is 6.54 Å². The number of cyclic esters (lactones) is 1. The fourth-order valence-electron chi connectivity index (χ4n) is 3.80. The molecule has 28 heavy (non-hydrogen) atoms. The molecule has 1 aromatic heterocycles. The molecule has 3 nitrogen and oxygen atoms in total.